The predicted octanol–water partition coefficient (Wildman–Crippen LogP) is 0.629. The van der Waals surface area contributed by atoms with Crippen molar-refractivity contribution in [2.75, 3.05) is 32.8 Å². The van der Waals surface area contributed by atoms with Gasteiger partial charge in [-0.1, -0.05) is 0 Å². The fraction of sp³-hybridized carbons (Fsp3) is 0.833. The van der Waals surface area contributed by atoms with Gasteiger partial charge in [0.05, 0.1) is 0 Å². The number of piperidine rings is 1. The van der Waals surface area contributed by atoms with Crippen LogP contribution < -0.4 is 10.6 Å². The summed E-state index contributed by atoms with van der Waals surface area (Å²) in [5, 5.41) is 5.82. The van der Waals surface area contributed by atoms with Crippen LogP contribution >= 0.6 is 0 Å². The monoisotopic (exact) mass is 309 g/mol. The molecule has 2 aliphatic heterocycles. The second-order valence-electron chi connectivity index (χ2n) is 5.24. The molecule has 2 rings (SSSR count). The van der Waals surface area contributed by atoms with Gasteiger partial charge in [-0.3, -0.25) is 9.69 Å². The number of urea groups is 1. The van der Waals surface area contributed by atoms with Crippen LogP contribution in [0, 0.1) is 0 Å². The molecule has 0 aromatic heterocycles. The van der Waals surface area contributed by atoms with E-state index in [1.54, 1.807) is 0 Å². The molecule has 0 atom stereocenters. The molecule has 0 radical (unpaired) electrons. The van der Waals surface area contributed by atoms with Crippen molar-refractivity contribution in [2.24, 2.45) is 0 Å². The van der Waals surface area contributed by atoms with Gasteiger partial charge in [0.1, 0.15) is 12.1 Å². The highest BCUT2D eigenvalue weighted by atomic mass is 19.4. The average Bonchev–Trinajstić information content (AvgIpc) is 2.62. The maximum atomic E-state index is 12.3. The molecule has 3 amide bonds. The van der Waals surface area contributed by atoms with E-state index in [9.17, 15) is 22.8 Å². The van der Waals surface area contributed by atoms with Crippen molar-refractivity contribution >= 4 is 11.9 Å². The van der Waals surface area contributed by atoms with Crippen LogP contribution in [0.25, 0.3) is 0 Å². The van der Waals surface area contributed by atoms with Gasteiger partial charge in [-0.15, -0.1) is 0 Å². The topological polar surface area (TPSA) is 70.7 Å². The van der Waals surface area contributed by atoms with Gasteiger partial charge in [-0.25, -0.2) is 4.79 Å². The molecule has 0 aromatic rings. The van der Waals surface area contributed by atoms with Crippen molar-refractivity contribution in [1.82, 2.24) is 15.5 Å². The van der Waals surface area contributed by atoms with Gasteiger partial charge in [-0.2, -0.15) is 13.2 Å². The third-order valence-electron chi connectivity index (χ3n) is 3.64. The molecule has 1 spiro atoms. The third kappa shape index (κ3) is 3.85. The number of imide groups is 1. The van der Waals surface area contributed by atoms with E-state index in [1.807, 2.05) is 0 Å². The van der Waals surface area contributed by atoms with E-state index in [4.69, 9.17) is 0 Å². The van der Waals surface area contributed by atoms with Crippen LogP contribution in [0.15, 0.2) is 0 Å². The average molecular weight is 309 g/mol. The zero-order chi connectivity index (χ0) is 15.5. The molecular weight excluding hydrogens is 291 g/mol. The summed E-state index contributed by atoms with van der Waals surface area (Å²) in [6, 6.07) is -0.474. The van der Waals surface area contributed by atoms with E-state index in [0.29, 0.717) is 25.9 Å². The maximum Gasteiger partial charge on any atom is 0.411 e. The quantitative estimate of drug-likeness (QED) is 0.577. The molecule has 0 saturated carbocycles. The van der Waals surface area contributed by atoms with Crippen molar-refractivity contribution < 1.29 is 27.5 Å². The molecule has 6 nitrogen and oxygen atoms in total. The number of carbonyl (C=O) groups is 2. The number of amides is 3. The number of nitrogens with one attached hydrogen (secondary N) is 2. The number of hydrogen-bond acceptors (Lipinski definition) is 4. The highest BCUT2D eigenvalue weighted by Crippen LogP contribution is 2.26. The van der Waals surface area contributed by atoms with E-state index in [1.165, 1.54) is 0 Å². The Morgan fingerprint density at radius 1 is 1.24 bits per heavy atom. The van der Waals surface area contributed by atoms with E-state index in [0.717, 1.165) is 4.90 Å². The zero-order valence-electron chi connectivity index (χ0n) is 11.5. The molecule has 2 saturated heterocycles. The minimum Gasteiger partial charge on any atom is -0.372 e. The Morgan fingerprint density at radius 2 is 1.90 bits per heavy atom. The minimum absolute atomic E-state index is 0.0672. The summed E-state index contributed by atoms with van der Waals surface area (Å²) >= 11 is 0. The molecule has 120 valence electrons. The Balaban J connectivity index is 1.78. The summed E-state index contributed by atoms with van der Waals surface area (Å²) in [6.45, 7) is -0.102. The van der Waals surface area contributed by atoms with Gasteiger partial charge in [0.15, 0.2) is 0 Å². The van der Waals surface area contributed by atoms with E-state index in [-0.39, 0.29) is 25.5 Å². The lowest BCUT2D eigenvalue weighted by atomic mass is 9.88. The Bertz CT molecular complexity index is 408. The number of nitrogens with zero attached hydrogens (tertiary/aromatic N) is 1. The number of ether oxygens (including phenoxy) is 1. The van der Waals surface area contributed by atoms with Gasteiger partial charge in [0.25, 0.3) is 5.91 Å². The fourth-order valence-electron chi connectivity index (χ4n) is 2.58. The summed E-state index contributed by atoms with van der Waals surface area (Å²) in [4.78, 5) is 25.2. The Kier molecular flexibility index (Phi) is 4.72. The van der Waals surface area contributed by atoms with E-state index < -0.39 is 24.4 Å². The van der Waals surface area contributed by atoms with Gasteiger partial charge < -0.3 is 15.4 Å². The highest BCUT2D eigenvalue weighted by Gasteiger charge is 2.50. The molecule has 2 fully saturated rings. The smallest absolute Gasteiger partial charge is 0.372 e. The molecule has 21 heavy (non-hydrogen) atoms. The molecule has 2 N–H and O–H groups in total. The number of alkyl halides is 3. The summed E-state index contributed by atoms with van der Waals surface area (Å²) < 4.78 is 40.1. The first-order valence-corrected chi connectivity index (χ1v) is 6.83. The summed E-state index contributed by atoms with van der Waals surface area (Å²) in [6.07, 6.45) is -3.12. The van der Waals surface area contributed by atoms with Crippen LogP contribution in [0.5, 0.6) is 0 Å². The molecule has 2 aliphatic rings. The van der Waals surface area contributed by atoms with Gasteiger partial charge >= 0.3 is 12.2 Å². The van der Waals surface area contributed by atoms with Crippen molar-refractivity contribution in [1.29, 1.82) is 0 Å². The van der Waals surface area contributed by atoms with Crippen LogP contribution in [-0.4, -0.2) is 61.4 Å². The normalized spacial score (nSPS) is 22.0. The van der Waals surface area contributed by atoms with Crippen LogP contribution in [0.2, 0.25) is 0 Å². The predicted molar refractivity (Wildman–Crippen MR) is 66.6 cm³/mol. The Labute approximate surface area is 120 Å². The Morgan fingerprint density at radius 3 is 2.52 bits per heavy atom. The lowest BCUT2D eigenvalue weighted by Crippen LogP contribution is -2.53. The standard InChI is InChI=1S/C12H18F3N3O3/c13-12(14,15)8-21-7-1-6-18-9(19)11(17-10(18)20)2-4-16-5-3-11/h16H,1-8H2,(H,17,20). The summed E-state index contributed by atoms with van der Waals surface area (Å²) in [5.74, 6) is -0.287. The van der Waals surface area contributed by atoms with E-state index >= 15 is 0 Å². The van der Waals surface area contributed by atoms with Gasteiger partial charge in [-0.05, 0) is 32.4 Å². The fourth-order valence-corrected chi connectivity index (χ4v) is 2.58. The van der Waals surface area contributed by atoms with Crippen molar-refractivity contribution in [3.05, 3.63) is 0 Å². The lowest BCUT2D eigenvalue weighted by Gasteiger charge is -2.31. The van der Waals surface area contributed by atoms with Crippen LogP contribution in [0.4, 0.5) is 18.0 Å². The molecule has 0 unspecified atom stereocenters. The highest BCUT2D eigenvalue weighted by molar-refractivity contribution is 6.07. The van der Waals surface area contributed by atoms with Crippen LogP contribution in [-0.2, 0) is 9.53 Å². The molecule has 0 aliphatic carbocycles. The zero-order valence-corrected chi connectivity index (χ0v) is 11.5. The maximum absolute atomic E-state index is 12.3. The molecule has 0 bridgehead atoms. The lowest BCUT2D eigenvalue weighted by molar-refractivity contribution is -0.174. The van der Waals surface area contributed by atoms with Crippen LogP contribution in [0.3, 0.4) is 0 Å². The first-order valence-electron chi connectivity index (χ1n) is 6.83. The molecule has 9 heteroatoms. The largest absolute Gasteiger partial charge is 0.411 e. The van der Waals surface area contributed by atoms with E-state index in [2.05, 4.69) is 15.4 Å². The van der Waals surface area contributed by atoms with Crippen molar-refractivity contribution in [2.45, 2.75) is 31.0 Å². The number of hydrogen-bond donors (Lipinski definition) is 2. The third-order valence-corrected chi connectivity index (χ3v) is 3.64. The summed E-state index contributed by atoms with van der Waals surface area (Å²) in [7, 11) is 0. The van der Waals surface area contributed by atoms with Gasteiger partial charge in [0, 0.05) is 13.2 Å². The number of carbonyl (C=O) groups excluding carboxylic acids is 2. The summed E-state index contributed by atoms with van der Waals surface area (Å²) in [5.41, 5.74) is -0.838. The number of rotatable bonds is 5. The first-order chi connectivity index (χ1) is 9.84. The SMILES string of the molecule is O=C1NC2(CCNCC2)C(=O)N1CCCOCC(F)(F)F. The van der Waals surface area contributed by atoms with Crippen molar-refractivity contribution in [3.8, 4) is 0 Å². The minimum atomic E-state index is -4.36. The molecular formula is C12H18F3N3O3. The Hall–Kier alpha value is -1.35. The van der Waals surface area contributed by atoms with Crippen molar-refractivity contribution in [3.63, 3.8) is 0 Å². The van der Waals surface area contributed by atoms with Crippen LogP contribution in [0.1, 0.15) is 19.3 Å². The molecule has 2 heterocycles. The number of halogens is 3. The second kappa shape index (κ2) is 6.18. The second-order valence-corrected chi connectivity index (χ2v) is 5.24. The first kappa shape index (κ1) is 16.0. The molecule has 0 aromatic carbocycles. The van der Waals surface area contributed by atoms with Gasteiger partial charge in [0.2, 0.25) is 0 Å².